The average Bonchev–Trinajstić information content (AvgIpc) is 3.64. The molecule has 0 fully saturated rings. The number of nitrogens with one attached hydrogen (secondary N) is 2. The number of aromatic amines is 1. The third-order valence-electron chi connectivity index (χ3n) is 6.75. The van der Waals surface area contributed by atoms with Crippen molar-refractivity contribution in [3.8, 4) is 17.0 Å². The normalized spacial score (nSPS) is 14.5. The number of aromatic nitrogens is 4. The number of hydrogen-bond acceptors (Lipinski definition) is 7. The van der Waals surface area contributed by atoms with E-state index in [1.807, 2.05) is 6.08 Å². The molecule has 4 aromatic rings. The zero-order valence-electron chi connectivity index (χ0n) is 22.1. The van der Waals surface area contributed by atoms with Crippen molar-refractivity contribution in [2.45, 2.75) is 25.4 Å². The number of fused-ring (bicyclic) bond motifs is 1. The Kier molecular flexibility index (Phi) is 7.63. The van der Waals surface area contributed by atoms with Crippen LogP contribution in [0.5, 0.6) is 5.75 Å². The lowest BCUT2D eigenvalue weighted by molar-refractivity contribution is -0.137. The molecule has 2 N–H and O–H groups in total. The van der Waals surface area contributed by atoms with Gasteiger partial charge in [-0.3, -0.25) is 14.9 Å². The Morgan fingerprint density at radius 1 is 1.29 bits per heavy atom. The minimum atomic E-state index is -4.73. The van der Waals surface area contributed by atoms with E-state index < -0.39 is 23.6 Å². The first-order valence-corrected chi connectivity index (χ1v) is 13.4. The van der Waals surface area contributed by atoms with E-state index in [0.29, 0.717) is 53.1 Å². The standard InChI is InChI=1S/C28H25F3N6O3S/c1-4-22(38)37-10-6-7-16(13-37)26-34-20(14-41-26)15(2)25(39)36-27-33-12-19(28(29,30)31)23(35-27)18-11-32-24-17(18)8-5-9-21(24)40-3/h4-5,7-9,11-12,14-15,32H,1,6,10,13H2,2-3H3,(H,33,35,36,39). The second-order valence-corrected chi connectivity index (χ2v) is 10.2. The number of halogens is 3. The summed E-state index contributed by atoms with van der Waals surface area (Å²) < 4.78 is 47.1. The van der Waals surface area contributed by atoms with Gasteiger partial charge in [-0.05, 0) is 25.5 Å². The van der Waals surface area contributed by atoms with E-state index in [1.165, 1.54) is 30.7 Å². The molecule has 1 aliphatic rings. The molecule has 0 aliphatic carbocycles. The molecule has 2 amide bonds. The summed E-state index contributed by atoms with van der Waals surface area (Å²) in [5.41, 5.74) is 0.633. The van der Waals surface area contributed by atoms with Gasteiger partial charge in [-0.2, -0.15) is 13.2 Å². The van der Waals surface area contributed by atoms with Crippen LogP contribution in [0.2, 0.25) is 0 Å². The maximum absolute atomic E-state index is 13.9. The molecule has 0 bridgehead atoms. The first-order valence-electron chi connectivity index (χ1n) is 12.6. The highest BCUT2D eigenvalue weighted by atomic mass is 32.1. The van der Waals surface area contributed by atoms with E-state index in [-0.39, 0.29) is 23.1 Å². The number of alkyl halides is 3. The van der Waals surface area contributed by atoms with Crippen LogP contribution in [0.3, 0.4) is 0 Å². The maximum Gasteiger partial charge on any atom is 0.419 e. The van der Waals surface area contributed by atoms with Crippen LogP contribution in [-0.4, -0.2) is 56.8 Å². The second-order valence-electron chi connectivity index (χ2n) is 9.31. The van der Waals surface area contributed by atoms with E-state index in [2.05, 4.69) is 31.8 Å². The third-order valence-corrected chi connectivity index (χ3v) is 7.69. The van der Waals surface area contributed by atoms with Crippen molar-refractivity contribution in [3.63, 3.8) is 0 Å². The van der Waals surface area contributed by atoms with Crippen LogP contribution < -0.4 is 10.1 Å². The zero-order chi connectivity index (χ0) is 29.3. The molecule has 41 heavy (non-hydrogen) atoms. The summed E-state index contributed by atoms with van der Waals surface area (Å²) in [4.78, 5) is 42.2. The lowest BCUT2D eigenvalue weighted by atomic mass is 10.1. The molecule has 4 heterocycles. The van der Waals surface area contributed by atoms with Gasteiger partial charge in [0.2, 0.25) is 17.8 Å². The molecule has 212 valence electrons. The van der Waals surface area contributed by atoms with Gasteiger partial charge in [-0.25, -0.2) is 15.0 Å². The van der Waals surface area contributed by atoms with Crippen LogP contribution >= 0.6 is 11.3 Å². The number of para-hydroxylation sites is 1. The van der Waals surface area contributed by atoms with Gasteiger partial charge >= 0.3 is 6.18 Å². The quantitative estimate of drug-likeness (QED) is 0.272. The largest absolute Gasteiger partial charge is 0.495 e. The molecule has 5 rings (SSSR count). The van der Waals surface area contributed by atoms with E-state index in [4.69, 9.17) is 4.74 Å². The van der Waals surface area contributed by atoms with Crippen molar-refractivity contribution >= 4 is 45.6 Å². The van der Waals surface area contributed by atoms with Gasteiger partial charge in [0.05, 0.1) is 29.9 Å². The number of nitrogens with zero attached hydrogens (tertiary/aromatic N) is 4. The van der Waals surface area contributed by atoms with E-state index >= 15 is 0 Å². The summed E-state index contributed by atoms with van der Waals surface area (Å²) in [7, 11) is 1.46. The highest BCUT2D eigenvalue weighted by Gasteiger charge is 2.36. The predicted octanol–water partition coefficient (Wildman–Crippen LogP) is 5.65. The van der Waals surface area contributed by atoms with Crippen LogP contribution in [0.25, 0.3) is 27.7 Å². The topological polar surface area (TPSA) is 113 Å². The van der Waals surface area contributed by atoms with Crippen molar-refractivity contribution in [1.29, 1.82) is 0 Å². The molecular formula is C28H25F3N6O3S. The van der Waals surface area contributed by atoms with Crippen molar-refractivity contribution in [2.75, 3.05) is 25.5 Å². The third kappa shape index (κ3) is 5.57. The molecule has 0 saturated heterocycles. The summed E-state index contributed by atoms with van der Waals surface area (Å²) in [6.45, 7) is 6.14. The highest BCUT2D eigenvalue weighted by Crippen LogP contribution is 2.40. The summed E-state index contributed by atoms with van der Waals surface area (Å²) >= 11 is 1.35. The van der Waals surface area contributed by atoms with Crippen LogP contribution in [0.1, 0.15) is 35.5 Å². The lowest BCUT2D eigenvalue weighted by Crippen LogP contribution is -2.34. The average molecular weight is 583 g/mol. The molecule has 1 atom stereocenters. The Morgan fingerprint density at radius 3 is 2.83 bits per heavy atom. The van der Waals surface area contributed by atoms with Gasteiger partial charge in [0.15, 0.2) is 0 Å². The minimum absolute atomic E-state index is 0.164. The molecule has 1 aromatic carbocycles. The molecule has 0 radical (unpaired) electrons. The molecule has 0 spiro atoms. The van der Waals surface area contributed by atoms with Crippen molar-refractivity contribution in [3.05, 3.63) is 71.0 Å². The molecule has 1 aliphatic heterocycles. The Morgan fingerprint density at radius 2 is 2.10 bits per heavy atom. The van der Waals surface area contributed by atoms with Crippen molar-refractivity contribution in [2.24, 2.45) is 0 Å². The number of amides is 2. The number of rotatable bonds is 7. The minimum Gasteiger partial charge on any atom is -0.495 e. The van der Waals surface area contributed by atoms with Gasteiger partial charge < -0.3 is 14.6 Å². The first kappa shape index (κ1) is 28.0. The SMILES string of the molecule is C=CC(=O)N1CCC=C(c2nc(C(C)C(=O)Nc3ncc(C(F)(F)F)c(-c4c[nH]c5c(OC)cccc45)n3)cs2)C1. The number of benzene rings is 1. The number of anilines is 1. The summed E-state index contributed by atoms with van der Waals surface area (Å²) in [5, 5.41) is 5.43. The summed E-state index contributed by atoms with van der Waals surface area (Å²) in [6, 6.07) is 5.00. The number of H-pyrrole nitrogens is 1. The molecule has 0 saturated carbocycles. The summed E-state index contributed by atoms with van der Waals surface area (Å²) in [5.74, 6) is -1.25. The lowest BCUT2D eigenvalue weighted by Gasteiger charge is -2.25. The Bertz CT molecular complexity index is 1680. The molecule has 1 unspecified atom stereocenters. The van der Waals surface area contributed by atoms with E-state index in [1.54, 1.807) is 35.4 Å². The summed E-state index contributed by atoms with van der Waals surface area (Å²) in [6.07, 6.45) is 1.31. The Labute approximate surface area is 236 Å². The number of carbonyl (C=O) groups excluding carboxylic acids is 2. The van der Waals surface area contributed by atoms with Gasteiger partial charge in [0.1, 0.15) is 16.3 Å². The van der Waals surface area contributed by atoms with E-state index in [9.17, 15) is 22.8 Å². The van der Waals surface area contributed by atoms with Gasteiger partial charge in [-0.15, -0.1) is 11.3 Å². The van der Waals surface area contributed by atoms with Gasteiger partial charge in [0.25, 0.3) is 0 Å². The molecule has 3 aromatic heterocycles. The van der Waals surface area contributed by atoms with Crippen LogP contribution in [-0.2, 0) is 15.8 Å². The fourth-order valence-corrected chi connectivity index (χ4v) is 5.50. The fraction of sp³-hybridized carbons (Fsp3) is 0.250. The van der Waals surface area contributed by atoms with Crippen molar-refractivity contribution < 1.29 is 27.5 Å². The molecule has 9 nitrogen and oxygen atoms in total. The Hall–Kier alpha value is -4.52. The zero-order valence-corrected chi connectivity index (χ0v) is 22.9. The number of methoxy groups -OCH3 is 1. The highest BCUT2D eigenvalue weighted by molar-refractivity contribution is 7.10. The molecular weight excluding hydrogens is 557 g/mol. The smallest absolute Gasteiger partial charge is 0.419 e. The van der Waals surface area contributed by atoms with Crippen molar-refractivity contribution in [1.82, 2.24) is 24.8 Å². The number of carbonyl (C=O) groups is 2. The fourth-order valence-electron chi connectivity index (χ4n) is 4.55. The Balaban J connectivity index is 1.40. The monoisotopic (exact) mass is 582 g/mol. The van der Waals surface area contributed by atoms with Crippen LogP contribution in [0.15, 0.2) is 54.7 Å². The predicted molar refractivity (Wildman–Crippen MR) is 149 cm³/mol. The number of hydrogen-bond donors (Lipinski definition) is 2. The van der Waals surface area contributed by atoms with Crippen LogP contribution in [0, 0.1) is 0 Å². The van der Waals surface area contributed by atoms with Gasteiger partial charge in [-0.1, -0.05) is 24.8 Å². The number of ether oxygens (including phenoxy) is 1. The first-order chi connectivity index (χ1) is 19.6. The second kappa shape index (κ2) is 11.2. The van der Waals surface area contributed by atoms with Crippen LogP contribution in [0.4, 0.5) is 19.1 Å². The number of thiazole rings is 1. The maximum atomic E-state index is 13.9. The molecule has 13 heteroatoms. The van der Waals surface area contributed by atoms with Gasteiger partial charge in [0, 0.05) is 47.4 Å². The van der Waals surface area contributed by atoms with E-state index in [0.717, 1.165) is 5.57 Å².